The molecule has 1 saturated carbocycles. The summed E-state index contributed by atoms with van der Waals surface area (Å²) in [4.78, 5) is 17.9. The van der Waals surface area contributed by atoms with E-state index in [0.717, 1.165) is 35.2 Å². The molecule has 152 valence electrons. The lowest BCUT2D eigenvalue weighted by Crippen LogP contribution is -2.28. The Labute approximate surface area is 173 Å². The Morgan fingerprint density at radius 2 is 1.87 bits per heavy atom. The highest BCUT2D eigenvalue weighted by atomic mass is 16.5. The van der Waals surface area contributed by atoms with Gasteiger partial charge in [-0.05, 0) is 37.3 Å². The molecular formula is C21H22N8O. The van der Waals surface area contributed by atoms with E-state index in [-0.39, 0.29) is 5.41 Å². The molecule has 30 heavy (non-hydrogen) atoms. The second-order valence-corrected chi connectivity index (χ2v) is 7.78. The Balaban J connectivity index is 1.47. The molecule has 0 aliphatic heterocycles. The lowest BCUT2D eigenvalue weighted by Gasteiger charge is -2.26. The van der Waals surface area contributed by atoms with Crippen molar-refractivity contribution in [3.63, 3.8) is 0 Å². The molecule has 4 heterocycles. The molecule has 1 aliphatic rings. The lowest BCUT2D eigenvalue weighted by molar-refractivity contribution is 0.386. The molecule has 9 heteroatoms. The van der Waals surface area contributed by atoms with Gasteiger partial charge in [0.2, 0.25) is 5.95 Å². The second kappa shape index (κ2) is 7.01. The highest BCUT2D eigenvalue weighted by molar-refractivity contribution is 5.58. The van der Waals surface area contributed by atoms with Gasteiger partial charge in [-0.15, -0.1) is 0 Å². The first-order chi connectivity index (χ1) is 14.6. The van der Waals surface area contributed by atoms with Crippen LogP contribution in [0.3, 0.4) is 0 Å². The van der Waals surface area contributed by atoms with Crippen LogP contribution >= 0.6 is 0 Å². The molecular weight excluding hydrogens is 380 g/mol. The predicted molar refractivity (Wildman–Crippen MR) is 110 cm³/mol. The van der Waals surface area contributed by atoms with E-state index in [1.54, 1.807) is 30.3 Å². The molecule has 1 fully saturated rings. The molecule has 5 rings (SSSR count). The minimum Gasteiger partial charge on any atom is -0.357 e. The van der Waals surface area contributed by atoms with Crippen LogP contribution in [0.5, 0.6) is 0 Å². The van der Waals surface area contributed by atoms with Crippen molar-refractivity contribution in [2.24, 2.45) is 13.0 Å². The topological polar surface area (TPSA) is 107 Å². The molecule has 0 spiro atoms. The summed E-state index contributed by atoms with van der Waals surface area (Å²) in [5.41, 5.74) is 3.21. The van der Waals surface area contributed by atoms with Gasteiger partial charge in [-0.25, -0.2) is 9.97 Å². The van der Waals surface area contributed by atoms with Crippen LogP contribution in [-0.4, -0.2) is 41.9 Å². The monoisotopic (exact) mass is 402 g/mol. The quantitative estimate of drug-likeness (QED) is 0.524. The molecule has 0 radical (unpaired) electrons. The summed E-state index contributed by atoms with van der Waals surface area (Å²) >= 11 is 0. The SMILES string of the molecule is CNc1ncc(-c2ccc(C(C)(c3noc(-c4cnn(C)c4)n3)C3CC3)cn2)cn1. The average molecular weight is 402 g/mol. The molecule has 0 aromatic carbocycles. The number of aryl methyl sites for hydroxylation is 1. The van der Waals surface area contributed by atoms with Crippen molar-refractivity contribution in [2.45, 2.75) is 25.2 Å². The van der Waals surface area contributed by atoms with Crippen LogP contribution in [0, 0.1) is 5.92 Å². The summed E-state index contributed by atoms with van der Waals surface area (Å²) in [5.74, 6) is 2.21. The minimum absolute atomic E-state index is 0.359. The van der Waals surface area contributed by atoms with Crippen LogP contribution in [0.25, 0.3) is 22.7 Å². The van der Waals surface area contributed by atoms with Crippen molar-refractivity contribution in [1.82, 2.24) is 34.9 Å². The van der Waals surface area contributed by atoms with Crippen LogP contribution in [0.15, 0.2) is 47.6 Å². The fourth-order valence-electron chi connectivity index (χ4n) is 3.75. The summed E-state index contributed by atoms with van der Waals surface area (Å²) in [7, 11) is 3.65. The highest BCUT2D eigenvalue weighted by Gasteiger charge is 2.47. The molecule has 0 amide bonds. The van der Waals surface area contributed by atoms with E-state index in [1.165, 1.54) is 0 Å². The van der Waals surface area contributed by atoms with Crippen LogP contribution in [-0.2, 0) is 12.5 Å². The molecule has 9 nitrogen and oxygen atoms in total. The smallest absolute Gasteiger partial charge is 0.261 e. The predicted octanol–water partition coefficient (Wildman–Crippen LogP) is 3.08. The highest BCUT2D eigenvalue weighted by Crippen LogP contribution is 2.50. The summed E-state index contributed by atoms with van der Waals surface area (Å²) < 4.78 is 7.28. The Hall–Kier alpha value is -3.62. The minimum atomic E-state index is -0.359. The van der Waals surface area contributed by atoms with E-state index in [4.69, 9.17) is 9.51 Å². The molecule has 0 saturated heterocycles. The number of anilines is 1. The Bertz CT molecular complexity index is 1160. The molecule has 1 unspecified atom stereocenters. The maximum absolute atomic E-state index is 5.57. The third kappa shape index (κ3) is 3.12. The van der Waals surface area contributed by atoms with Gasteiger partial charge >= 0.3 is 0 Å². The summed E-state index contributed by atoms with van der Waals surface area (Å²) in [5, 5.41) is 11.4. The van der Waals surface area contributed by atoms with Crippen molar-refractivity contribution in [2.75, 3.05) is 12.4 Å². The summed E-state index contributed by atoms with van der Waals surface area (Å²) in [6, 6.07) is 4.09. The fraction of sp³-hybridized carbons (Fsp3) is 0.333. The maximum Gasteiger partial charge on any atom is 0.261 e. The van der Waals surface area contributed by atoms with Crippen LogP contribution in [0.1, 0.15) is 31.2 Å². The van der Waals surface area contributed by atoms with E-state index in [2.05, 4.69) is 43.5 Å². The third-order valence-corrected chi connectivity index (χ3v) is 5.77. The number of nitrogens with one attached hydrogen (secondary N) is 1. The van der Waals surface area contributed by atoms with Crippen LogP contribution in [0.4, 0.5) is 5.95 Å². The van der Waals surface area contributed by atoms with Gasteiger partial charge in [0.05, 0.1) is 22.9 Å². The number of aromatic nitrogens is 7. The zero-order chi connectivity index (χ0) is 20.7. The first kappa shape index (κ1) is 18.4. The average Bonchev–Trinajstić information content (AvgIpc) is 3.37. The molecule has 1 N–H and O–H groups in total. The van der Waals surface area contributed by atoms with Crippen molar-refractivity contribution in [3.05, 3.63) is 54.5 Å². The molecule has 0 bridgehead atoms. The van der Waals surface area contributed by atoms with Gasteiger partial charge < -0.3 is 9.84 Å². The van der Waals surface area contributed by atoms with E-state index in [0.29, 0.717) is 23.6 Å². The van der Waals surface area contributed by atoms with Gasteiger partial charge in [-0.3, -0.25) is 9.67 Å². The molecule has 4 aromatic rings. The van der Waals surface area contributed by atoms with Crippen molar-refractivity contribution < 1.29 is 4.52 Å². The van der Waals surface area contributed by atoms with Gasteiger partial charge in [-0.1, -0.05) is 11.2 Å². The third-order valence-electron chi connectivity index (χ3n) is 5.77. The molecule has 1 atom stereocenters. The van der Waals surface area contributed by atoms with Gasteiger partial charge in [0.1, 0.15) is 0 Å². The summed E-state index contributed by atoms with van der Waals surface area (Å²) in [6.45, 7) is 2.17. The Morgan fingerprint density at radius 1 is 1.07 bits per heavy atom. The Morgan fingerprint density at radius 3 is 2.47 bits per heavy atom. The fourth-order valence-corrected chi connectivity index (χ4v) is 3.75. The summed E-state index contributed by atoms with van der Waals surface area (Å²) in [6.07, 6.45) is 11.3. The number of nitrogens with zero attached hydrogens (tertiary/aromatic N) is 7. The van der Waals surface area contributed by atoms with E-state index in [9.17, 15) is 0 Å². The molecule has 1 aliphatic carbocycles. The zero-order valence-electron chi connectivity index (χ0n) is 17.1. The first-order valence-corrected chi connectivity index (χ1v) is 9.88. The second-order valence-electron chi connectivity index (χ2n) is 7.78. The van der Waals surface area contributed by atoms with Crippen LogP contribution in [0.2, 0.25) is 0 Å². The normalized spacial score (nSPS) is 15.7. The Kier molecular flexibility index (Phi) is 4.30. The van der Waals surface area contributed by atoms with Gasteiger partial charge in [0.15, 0.2) is 5.82 Å². The first-order valence-electron chi connectivity index (χ1n) is 9.88. The van der Waals surface area contributed by atoms with Crippen molar-refractivity contribution >= 4 is 5.95 Å². The van der Waals surface area contributed by atoms with Crippen molar-refractivity contribution in [1.29, 1.82) is 0 Å². The van der Waals surface area contributed by atoms with Gasteiger partial charge in [0.25, 0.3) is 5.89 Å². The maximum atomic E-state index is 5.57. The molecule has 4 aromatic heterocycles. The van der Waals surface area contributed by atoms with E-state index >= 15 is 0 Å². The number of rotatable bonds is 6. The number of hydrogen-bond donors (Lipinski definition) is 1. The largest absolute Gasteiger partial charge is 0.357 e. The van der Waals surface area contributed by atoms with Gasteiger partial charge in [0, 0.05) is 44.4 Å². The standard InChI is InChI=1S/C21H22N8O/c1-21(15-4-5-15,19-27-18(30-28-19)14-10-26-29(3)12-14)16-6-7-17(23-11-16)13-8-24-20(22-2)25-9-13/h6-12,15H,4-5H2,1-3H3,(H,22,24,25). The van der Waals surface area contributed by atoms with Crippen LogP contribution < -0.4 is 5.32 Å². The van der Waals surface area contributed by atoms with E-state index in [1.807, 2.05) is 25.5 Å². The lowest BCUT2D eigenvalue weighted by atomic mass is 9.77. The van der Waals surface area contributed by atoms with E-state index < -0.39 is 0 Å². The zero-order valence-corrected chi connectivity index (χ0v) is 17.1. The number of hydrogen-bond acceptors (Lipinski definition) is 8. The van der Waals surface area contributed by atoms with Crippen molar-refractivity contribution in [3.8, 4) is 22.7 Å². The van der Waals surface area contributed by atoms with Gasteiger partial charge in [-0.2, -0.15) is 10.1 Å². The number of pyridine rings is 1.